The lowest BCUT2D eigenvalue weighted by Crippen LogP contribution is -2.05. The number of aromatic carboxylic acids is 2. The van der Waals surface area contributed by atoms with Crippen molar-refractivity contribution in [3.63, 3.8) is 0 Å². The van der Waals surface area contributed by atoms with Crippen molar-refractivity contribution >= 4 is 34.4 Å². The van der Waals surface area contributed by atoms with Crippen LogP contribution in [0.3, 0.4) is 0 Å². The molecule has 2 aromatic carbocycles. The molecule has 0 saturated heterocycles. The number of aromatic hydroxyl groups is 1. The standard InChI is InChI=1S/C17H10ClNO5/c18-9-6-4-8(5-7-9)13-15(20)12(17(23)24)10-2-1-3-11(16(21)22)14(10)19-13/h1-7,20H,(H,21,22)(H,23,24). The molecule has 1 aromatic heterocycles. The fourth-order valence-electron chi connectivity index (χ4n) is 2.47. The SMILES string of the molecule is O=C(O)c1c(O)c(-c2ccc(Cl)cc2)nc2c(C(=O)O)cccc12. The summed E-state index contributed by atoms with van der Waals surface area (Å²) in [4.78, 5) is 27.2. The van der Waals surface area contributed by atoms with E-state index in [4.69, 9.17) is 11.6 Å². The second kappa shape index (κ2) is 5.82. The molecule has 120 valence electrons. The van der Waals surface area contributed by atoms with Gasteiger partial charge < -0.3 is 15.3 Å². The van der Waals surface area contributed by atoms with Crippen LogP contribution in [0.4, 0.5) is 0 Å². The molecular formula is C17H10ClNO5. The highest BCUT2D eigenvalue weighted by molar-refractivity contribution is 6.30. The Labute approximate surface area is 140 Å². The van der Waals surface area contributed by atoms with Gasteiger partial charge in [0.1, 0.15) is 11.3 Å². The molecule has 3 rings (SSSR count). The monoisotopic (exact) mass is 343 g/mol. The van der Waals surface area contributed by atoms with Gasteiger partial charge in [-0.05, 0) is 18.2 Å². The third-order valence-electron chi connectivity index (χ3n) is 3.55. The van der Waals surface area contributed by atoms with Crippen molar-refractivity contribution < 1.29 is 24.9 Å². The molecule has 0 spiro atoms. The Hall–Kier alpha value is -3.12. The number of rotatable bonds is 3. The Morgan fingerprint density at radius 1 is 0.958 bits per heavy atom. The zero-order valence-corrected chi connectivity index (χ0v) is 12.8. The average Bonchev–Trinajstić information content (AvgIpc) is 2.54. The number of halogens is 1. The number of nitrogens with zero attached hydrogens (tertiary/aromatic N) is 1. The largest absolute Gasteiger partial charge is 0.505 e. The number of fused-ring (bicyclic) bond motifs is 1. The summed E-state index contributed by atoms with van der Waals surface area (Å²) in [6, 6.07) is 10.4. The predicted octanol–water partition coefficient (Wildman–Crippen LogP) is 3.66. The van der Waals surface area contributed by atoms with Gasteiger partial charge in [-0.2, -0.15) is 0 Å². The maximum Gasteiger partial charge on any atom is 0.340 e. The summed E-state index contributed by atoms with van der Waals surface area (Å²) in [5, 5.41) is 29.7. The van der Waals surface area contributed by atoms with Crippen LogP contribution in [-0.4, -0.2) is 32.2 Å². The summed E-state index contributed by atoms with van der Waals surface area (Å²) < 4.78 is 0. The van der Waals surface area contributed by atoms with Crippen molar-refractivity contribution in [2.45, 2.75) is 0 Å². The van der Waals surface area contributed by atoms with Crippen LogP contribution >= 0.6 is 11.6 Å². The molecule has 0 aliphatic heterocycles. The van der Waals surface area contributed by atoms with Gasteiger partial charge >= 0.3 is 11.9 Å². The smallest absolute Gasteiger partial charge is 0.340 e. The first-order valence-corrected chi connectivity index (χ1v) is 7.16. The van der Waals surface area contributed by atoms with E-state index in [1.54, 1.807) is 24.3 Å². The molecule has 0 aliphatic carbocycles. The lowest BCUT2D eigenvalue weighted by atomic mass is 10.00. The predicted molar refractivity (Wildman–Crippen MR) is 87.8 cm³/mol. The number of aromatic nitrogens is 1. The van der Waals surface area contributed by atoms with Gasteiger partial charge in [0.15, 0.2) is 5.75 Å². The summed E-state index contributed by atoms with van der Waals surface area (Å²) in [7, 11) is 0. The lowest BCUT2D eigenvalue weighted by Gasteiger charge is -2.12. The number of carbonyl (C=O) groups is 2. The van der Waals surface area contributed by atoms with Crippen molar-refractivity contribution in [1.82, 2.24) is 4.98 Å². The lowest BCUT2D eigenvalue weighted by molar-refractivity contribution is 0.0684. The molecule has 0 saturated carbocycles. The molecule has 3 aromatic rings. The van der Waals surface area contributed by atoms with Gasteiger partial charge in [0.25, 0.3) is 0 Å². The van der Waals surface area contributed by atoms with E-state index in [-0.39, 0.29) is 22.2 Å². The number of para-hydroxylation sites is 1. The van der Waals surface area contributed by atoms with Crippen molar-refractivity contribution in [3.8, 4) is 17.0 Å². The number of hydrogen-bond acceptors (Lipinski definition) is 4. The summed E-state index contributed by atoms with van der Waals surface area (Å²) >= 11 is 5.83. The molecule has 0 bridgehead atoms. The van der Waals surface area contributed by atoms with Crippen LogP contribution in [0, 0.1) is 0 Å². The number of pyridine rings is 1. The fraction of sp³-hybridized carbons (Fsp3) is 0. The Bertz CT molecular complexity index is 982. The first-order chi connectivity index (χ1) is 11.4. The number of carboxylic acids is 2. The normalized spacial score (nSPS) is 10.7. The van der Waals surface area contributed by atoms with Gasteiger partial charge in [-0.3, -0.25) is 0 Å². The maximum absolute atomic E-state index is 11.6. The topological polar surface area (TPSA) is 108 Å². The van der Waals surface area contributed by atoms with Crippen LogP contribution in [0.2, 0.25) is 5.02 Å². The molecule has 0 atom stereocenters. The van der Waals surface area contributed by atoms with Gasteiger partial charge in [-0.1, -0.05) is 35.9 Å². The molecule has 0 aliphatic rings. The second-order valence-electron chi connectivity index (χ2n) is 5.00. The summed E-state index contributed by atoms with van der Waals surface area (Å²) in [5.41, 5.74) is -0.157. The highest BCUT2D eigenvalue weighted by Crippen LogP contribution is 2.36. The van der Waals surface area contributed by atoms with Crippen LogP contribution < -0.4 is 0 Å². The molecule has 1 heterocycles. The zero-order chi connectivity index (χ0) is 17.4. The Balaban J connectivity index is 2.44. The summed E-state index contributed by atoms with van der Waals surface area (Å²) in [6.07, 6.45) is 0. The third-order valence-corrected chi connectivity index (χ3v) is 3.80. The van der Waals surface area contributed by atoms with Crippen LogP contribution in [-0.2, 0) is 0 Å². The van der Waals surface area contributed by atoms with E-state index < -0.39 is 23.3 Å². The van der Waals surface area contributed by atoms with E-state index >= 15 is 0 Å². The van der Waals surface area contributed by atoms with Crippen molar-refractivity contribution in [2.24, 2.45) is 0 Å². The highest BCUT2D eigenvalue weighted by Gasteiger charge is 2.23. The van der Waals surface area contributed by atoms with Crippen LogP contribution in [0.15, 0.2) is 42.5 Å². The minimum atomic E-state index is -1.38. The van der Waals surface area contributed by atoms with E-state index in [1.165, 1.54) is 18.2 Å². The molecule has 6 nitrogen and oxygen atoms in total. The van der Waals surface area contributed by atoms with E-state index in [2.05, 4.69) is 4.98 Å². The van der Waals surface area contributed by atoms with Gasteiger partial charge in [0.2, 0.25) is 0 Å². The molecule has 0 unspecified atom stereocenters. The van der Waals surface area contributed by atoms with Crippen molar-refractivity contribution in [3.05, 3.63) is 58.6 Å². The van der Waals surface area contributed by atoms with Crippen LogP contribution in [0.5, 0.6) is 5.75 Å². The number of benzene rings is 2. The van der Waals surface area contributed by atoms with E-state index in [0.717, 1.165) is 0 Å². The summed E-state index contributed by atoms with van der Waals surface area (Å²) in [5.74, 6) is -3.14. The van der Waals surface area contributed by atoms with Crippen LogP contribution in [0.1, 0.15) is 20.7 Å². The number of hydrogen-bond donors (Lipinski definition) is 3. The first-order valence-electron chi connectivity index (χ1n) is 6.78. The van der Waals surface area contributed by atoms with Crippen molar-refractivity contribution in [1.29, 1.82) is 0 Å². The number of carboxylic acid groups (broad SMARTS) is 2. The van der Waals surface area contributed by atoms with Crippen molar-refractivity contribution in [2.75, 3.05) is 0 Å². The molecule has 24 heavy (non-hydrogen) atoms. The molecule has 3 N–H and O–H groups in total. The zero-order valence-electron chi connectivity index (χ0n) is 12.0. The average molecular weight is 344 g/mol. The quantitative estimate of drug-likeness (QED) is 0.669. The summed E-state index contributed by atoms with van der Waals surface area (Å²) in [6.45, 7) is 0. The highest BCUT2D eigenvalue weighted by atomic mass is 35.5. The Kier molecular flexibility index (Phi) is 3.83. The van der Waals surface area contributed by atoms with E-state index in [0.29, 0.717) is 10.6 Å². The molecule has 0 fully saturated rings. The molecular weight excluding hydrogens is 334 g/mol. The first kappa shape index (κ1) is 15.8. The molecule has 7 heteroatoms. The second-order valence-corrected chi connectivity index (χ2v) is 5.44. The Morgan fingerprint density at radius 2 is 1.62 bits per heavy atom. The minimum Gasteiger partial charge on any atom is -0.505 e. The third kappa shape index (κ3) is 2.53. The minimum absolute atomic E-state index is 0.00912. The maximum atomic E-state index is 11.6. The fourth-order valence-corrected chi connectivity index (χ4v) is 2.60. The van der Waals surface area contributed by atoms with Gasteiger partial charge in [0.05, 0.1) is 11.1 Å². The Morgan fingerprint density at radius 3 is 2.21 bits per heavy atom. The van der Waals surface area contributed by atoms with Gasteiger partial charge in [-0.15, -0.1) is 0 Å². The van der Waals surface area contributed by atoms with E-state index in [9.17, 15) is 24.9 Å². The van der Waals surface area contributed by atoms with Gasteiger partial charge in [-0.25, -0.2) is 14.6 Å². The molecule has 0 amide bonds. The van der Waals surface area contributed by atoms with Crippen LogP contribution in [0.25, 0.3) is 22.2 Å². The molecule has 0 radical (unpaired) electrons. The van der Waals surface area contributed by atoms with E-state index in [1.807, 2.05) is 0 Å². The van der Waals surface area contributed by atoms with Gasteiger partial charge in [0, 0.05) is 16.0 Å².